The molecule has 0 spiro atoms. The second kappa shape index (κ2) is 5.44. The second-order valence-electron chi connectivity index (χ2n) is 3.97. The molecule has 0 saturated heterocycles. The van der Waals surface area contributed by atoms with E-state index < -0.39 is 0 Å². The molecule has 0 radical (unpaired) electrons. The zero-order valence-corrected chi connectivity index (χ0v) is 10.2. The molecule has 1 aromatic carbocycles. The Morgan fingerprint density at radius 1 is 1.28 bits per heavy atom. The van der Waals surface area contributed by atoms with Gasteiger partial charge in [-0.1, -0.05) is 12.1 Å². The van der Waals surface area contributed by atoms with Crippen LogP contribution >= 0.6 is 0 Å². The molecule has 5 heteroatoms. The van der Waals surface area contributed by atoms with Crippen LogP contribution in [0.5, 0.6) is 0 Å². The summed E-state index contributed by atoms with van der Waals surface area (Å²) in [6.07, 6.45) is 1.65. The number of para-hydroxylation sites is 2. The first-order valence-electron chi connectivity index (χ1n) is 5.78. The number of carbonyl (C=O) groups excluding carboxylic acids is 1. The van der Waals surface area contributed by atoms with E-state index in [-0.39, 0.29) is 5.97 Å². The zero-order valence-electron chi connectivity index (χ0n) is 10.2. The van der Waals surface area contributed by atoms with Crippen molar-refractivity contribution in [1.29, 1.82) is 0 Å². The van der Waals surface area contributed by atoms with Crippen molar-refractivity contribution >= 4 is 22.8 Å². The first-order valence-corrected chi connectivity index (χ1v) is 5.78. The topological polar surface area (TPSA) is 78.1 Å². The molecule has 5 nitrogen and oxygen atoms in total. The Morgan fingerprint density at radius 2 is 1.94 bits per heavy atom. The molecule has 94 valence electrons. The first kappa shape index (κ1) is 12.3. The largest absolute Gasteiger partial charge is 0.469 e. The third kappa shape index (κ3) is 2.74. The van der Waals surface area contributed by atoms with Crippen LogP contribution in [-0.2, 0) is 16.0 Å². The monoisotopic (exact) mass is 245 g/mol. The van der Waals surface area contributed by atoms with E-state index in [9.17, 15) is 4.79 Å². The van der Waals surface area contributed by atoms with Crippen LogP contribution in [0.3, 0.4) is 0 Å². The van der Waals surface area contributed by atoms with Gasteiger partial charge in [-0.3, -0.25) is 4.79 Å². The van der Waals surface area contributed by atoms with Crippen LogP contribution in [0.25, 0.3) is 11.0 Å². The highest BCUT2D eigenvalue weighted by Gasteiger charge is 2.07. The van der Waals surface area contributed by atoms with E-state index in [1.807, 2.05) is 24.3 Å². The van der Waals surface area contributed by atoms with Crippen LogP contribution in [0.1, 0.15) is 18.5 Å². The summed E-state index contributed by atoms with van der Waals surface area (Å²) in [5.74, 6) is 0.209. The number of hydrogen-bond donors (Lipinski definition) is 1. The van der Waals surface area contributed by atoms with Gasteiger partial charge in [-0.25, -0.2) is 9.97 Å². The average molecular weight is 245 g/mol. The van der Waals surface area contributed by atoms with Crippen LogP contribution in [0.4, 0.5) is 5.82 Å². The molecule has 0 amide bonds. The van der Waals surface area contributed by atoms with Crippen LogP contribution < -0.4 is 5.73 Å². The number of benzene rings is 1. The van der Waals surface area contributed by atoms with E-state index in [2.05, 4.69) is 14.7 Å². The molecule has 2 aromatic rings. The number of methoxy groups -OCH3 is 1. The lowest BCUT2D eigenvalue weighted by atomic mass is 10.2. The van der Waals surface area contributed by atoms with Gasteiger partial charge in [0.1, 0.15) is 5.82 Å². The van der Waals surface area contributed by atoms with Crippen LogP contribution in [0.15, 0.2) is 24.3 Å². The molecule has 0 aliphatic carbocycles. The van der Waals surface area contributed by atoms with Gasteiger partial charge in [-0.05, 0) is 25.0 Å². The smallest absolute Gasteiger partial charge is 0.305 e. The highest BCUT2D eigenvalue weighted by atomic mass is 16.5. The number of nitrogens with zero attached hydrogens (tertiary/aromatic N) is 2. The van der Waals surface area contributed by atoms with Crippen molar-refractivity contribution in [1.82, 2.24) is 9.97 Å². The highest BCUT2D eigenvalue weighted by molar-refractivity contribution is 5.76. The minimum absolute atomic E-state index is 0.220. The number of nitrogen functional groups attached to an aromatic ring is 1. The minimum atomic E-state index is -0.220. The molecule has 2 rings (SSSR count). The lowest BCUT2D eigenvalue weighted by Crippen LogP contribution is -2.05. The number of nitrogens with two attached hydrogens (primary N) is 1. The van der Waals surface area contributed by atoms with Crippen molar-refractivity contribution in [2.45, 2.75) is 19.3 Å². The fourth-order valence-corrected chi connectivity index (χ4v) is 1.74. The average Bonchev–Trinajstić information content (AvgIpc) is 2.39. The van der Waals surface area contributed by atoms with Gasteiger partial charge >= 0.3 is 5.97 Å². The predicted octanol–water partition coefficient (Wildman–Crippen LogP) is 1.71. The summed E-state index contributed by atoms with van der Waals surface area (Å²) in [6, 6.07) is 7.57. The summed E-state index contributed by atoms with van der Waals surface area (Å²) in [7, 11) is 1.38. The van der Waals surface area contributed by atoms with Gasteiger partial charge in [0.15, 0.2) is 0 Å². The summed E-state index contributed by atoms with van der Waals surface area (Å²) in [5, 5.41) is 0. The lowest BCUT2D eigenvalue weighted by molar-refractivity contribution is -0.140. The predicted molar refractivity (Wildman–Crippen MR) is 68.9 cm³/mol. The number of carbonyl (C=O) groups is 1. The Kier molecular flexibility index (Phi) is 3.72. The Morgan fingerprint density at radius 3 is 2.61 bits per heavy atom. The number of ether oxygens (including phenoxy) is 1. The van der Waals surface area contributed by atoms with Gasteiger partial charge in [0.05, 0.1) is 23.8 Å². The van der Waals surface area contributed by atoms with Crippen molar-refractivity contribution in [2.24, 2.45) is 0 Å². The molecule has 0 aliphatic heterocycles. The number of fused-ring (bicyclic) bond motifs is 1. The fourth-order valence-electron chi connectivity index (χ4n) is 1.74. The summed E-state index contributed by atoms with van der Waals surface area (Å²) < 4.78 is 4.58. The highest BCUT2D eigenvalue weighted by Crippen LogP contribution is 2.16. The molecular weight excluding hydrogens is 230 g/mol. The fraction of sp³-hybridized carbons (Fsp3) is 0.308. The maximum absolute atomic E-state index is 11.0. The molecule has 0 bridgehead atoms. The molecule has 2 N–H and O–H groups in total. The van der Waals surface area contributed by atoms with Gasteiger partial charge < -0.3 is 10.5 Å². The van der Waals surface area contributed by atoms with Crippen molar-refractivity contribution < 1.29 is 9.53 Å². The van der Waals surface area contributed by atoms with Crippen molar-refractivity contribution in [3.05, 3.63) is 30.0 Å². The minimum Gasteiger partial charge on any atom is -0.469 e. The molecule has 18 heavy (non-hydrogen) atoms. The molecular formula is C13H15N3O2. The first-order chi connectivity index (χ1) is 8.70. The summed E-state index contributed by atoms with van der Waals surface area (Å²) in [4.78, 5) is 19.8. The molecule has 0 fully saturated rings. The number of anilines is 1. The molecule has 1 heterocycles. The van der Waals surface area contributed by atoms with E-state index >= 15 is 0 Å². The SMILES string of the molecule is COC(=O)CCCc1nc2ccccc2nc1N. The number of aromatic nitrogens is 2. The van der Waals surface area contributed by atoms with E-state index in [0.717, 1.165) is 16.7 Å². The van der Waals surface area contributed by atoms with E-state index in [1.54, 1.807) is 0 Å². The molecule has 0 atom stereocenters. The maximum atomic E-state index is 11.0. The van der Waals surface area contributed by atoms with Crippen LogP contribution in [0, 0.1) is 0 Å². The van der Waals surface area contributed by atoms with Gasteiger partial charge in [0.25, 0.3) is 0 Å². The number of esters is 1. The second-order valence-corrected chi connectivity index (χ2v) is 3.97. The van der Waals surface area contributed by atoms with Gasteiger partial charge in [-0.15, -0.1) is 0 Å². The third-order valence-electron chi connectivity index (χ3n) is 2.70. The Hall–Kier alpha value is -2.17. The van der Waals surface area contributed by atoms with E-state index in [1.165, 1.54) is 7.11 Å². The van der Waals surface area contributed by atoms with Crippen molar-refractivity contribution in [2.75, 3.05) is 12.8 Å². The van der Waals surface area contributed by atoms with Gasteiger partial charge in [-0.2, -0.15) is 0 Å². The summed E-state index contributed by atoms with van der Waals surface area (Å²) in [5.41, 5.74) is 8.18. The van der Waals surface area contributed by atoms with Crippen LogP contribution in [0.2, 0.25) is 0 Å². The third-order valence-corrected chi connectivity index (χ3v) is 2.70. The van der Waals surface area contributed by atoms with Crippen molar-refractivity contribution in [3.8, 4) is 0 Å². The normalized spacial score (nSPS) is 10.5. The molecule has 0 aliphatic rings. The lowest BCUT2D eigenvalue weighted by Gasteiger charge is -2.05. The number of rotatable bonds is 4. The zero-order chi connectivity index (χ0) is 13.0. The Balaban J connectivity index is 2.13. The van der Waals surface area contributed by atoms with Gasteiger partial charge in [0, 0.05) is 6.42 Å². The van der Waals surface area contributed by atoms with E-state index in [0.29, 0.717) is 25.1 Å². The number of aryl methyl sites for hydroxylation is 1. The van der Waals surface area contributed by atoms with Gasteiger partial charge in [0.2, 0.25) is 0 Å². The summed E-state index contributed by atoms with van der Waals surface area (Å²) >= 11 is 0. The quantitative estimate of drug-likeness (QED) is 0.829. The standard InChI is InChI=1S/C13H15N3O2/c1-18-12(17)8-4-7-11-13(14)16-10-6-3-2-5-9(10)15-11/h2-3,5-6H,4,7-8H2,1H3,(H2,14,16). The Labute approximate surface area is 105 Å². The van der Waals surface area contributed by atoms with Crippen molar-refractivity contribution in [3.63, 3.8) is 0 Å². The molecule has 0 saturated carbocycles. The summed E-state index contributed by atoms with van der Waals surface area (Å²) in [6.45, 7) is 0. The molecule has 1 aromatic heterocycles. The maximum Gasteiger partial charge on any atom is 0.305 e. The number of hydrogen-bond acceptors (Lipinski definition) is 5. The molecule has 0 unspecified atom stereocenters. The van der Waals surface area contributed by atoms with Crippen LogP contribution in [-0.4, -0.2) is 23.0 Å². The Bertz CT molecular complexity index is 569. The van der Waals surface area contributed by atoms with E-state index in [4.69, 9.17) is 5.73 Å².